The predicted octanol–water partition coefficient (Wildman–Crippen LogP) is 1.72. The van der Waals surface area contributed by atoms with Crippen LogP contribution in [0.1, 0.15) is 25.7 Å². The molecule has 1 heterocycles. The average Bonchev–Trinajstić information content (AvgIpc) is 2.66. The summed E-state index contributed by atoms with van der Waals surface area (Å²) < 4.78 is 0. The molecular weight excluding hydrogens is 200 g/mol. The van der Waals surface area contributed by atoms with E-state index in [0.29, 0.717) is 6.54 Å². The molecular formula is C12H16N4. The Morgan fingerprint density at radius 2 is 2.38 bits per heavy atom. The number of hydrogen-bond donors (Lipinski definition) is 2. The van der Waals surface area contributed by atoms with Crippen molar-refractivity contribution < 1.29 is 0 Å². The van der Waals surface area contributed by atoms with Gasteiger partial charge in [0.25, 0.3) is 0 Å². The van der Waals surface area contributed by atoms with E-state index < -0.39 is 0 Å². The second kappa shape index (κ2) is 4.50. The molecule has 3 N–H and O–H groups in total. The highest BCUT2D eigenvalue weighted by Crippen LogP contribution is 2.33. The standard InChI is InChI=1S/C12H16N4/c13-6-10-8-16(15)12(11(10)7-14)9-4-2-1-3-5-9/h4,7,10,14H,1-3,5,8,15H2. The van der Waals surface area contributed by atoms with Crippen LogP contribution in [-0.2, 0) is 0 Å². The molecule has 2 aliphatic rings. The van der Waals surface area contributed by atoms with Gasteiger partial charge in [0, 0.05) is 11.8 Å². The first-order chi connectivity index (χ1) is 7.77. The smallest absolute Gasteiger partial charge is 0.0938 e. The number of nitrogens with one attached hydrogen (secondary N) is 1. The molecule has 0 amide bonds. The van der Waals surface area contributed by atoms with Crippen molar-refractivity contribution in [3.63, 3.8) is 0 Å². The summed E-state index contributed by atoms with van der Waals surface area (Å²) in [6.07, 6.45) is 7.97. The molecule has 0 spiro atoms. The Morgan fingerprint density at radius 1 is 1.56 bits per heavy atom. The van der Waals surface area contributed by atoms with E-state index in [1.165, 1.54) is 24.6 Å². The van der Waals surface area contributed by atoms with Gasteiger partial charge in [0.05, 0.1) is 24.2 Å². The lowest BCUT2D eigenvalue weighted by molar-refractivity contribution is 0.379. The van der Waals surface area contributed by atoms with Crippen LogP contribution in [0.25, 0.3) is 0 Å². The van der Waals surface area contributed by atoms with E-state index in [4.69, 9.17) is 16.5 Å². The van der Waals surface area contributed by atoms with E-state index in [9.17, 15) is 0 Å². The zero-order valence-corrected chi connectivity index (χ0v) is 9.24. The molecule has 2 rings (SSSR count). The Kier molecular flexibility index (Phi) is 3.07. The molecule has 0 bridgehead atoms. The summed E-state index contributed by atoms with van der Waals surface area (Å²) in [6, 6.07) is 2.21. The highest BCUT2D eigenvalue weighted by Gasteiger charge is 2.30. The van der Waals surface area contributed by atoms with Crippen molar-refractivity contribution in [3.05, 3.63) is 22.9 Å². The lowest BCUT2D eigenvalue weighted by atomic mass is 9.93. The van der Waals surface area contributed by atoms with E-state index in [0.717, 1.165) is 24.1 Å². The van der Waals surface area contributed by atoms with E-state index in [2.05, 4.69) is 12.1 Å². The Bertz CT molecular complexity index is 400. The molecule has 0 radical (unpaired) electrons. The Hall–Kier alpha value is -1.60. The SMILES string of the molecule is N#CC1CN(N)C(C2=CCCCC2)=C1C=N. The molecule has 0 aromatic rings. The first-order valence-corrected chi connectivity index (χ1v) is 5.64. The van der Waals surface area contributed by atoms with E-state index in [1.807, 2.05) is 0 Å². The van der Waals surface area contributed by atoms with Crippen LogP contribution in [0, 0.1) is 22.7 Å². The summed E-state index contributed by atoms with van der Waals surface area (Å²) in [4.78, 5) is 0. The fourth-order valence-corrected chi connectivity index (χ4v) is 2.42. The maximum Gasteiger partial charge on any atom is 0.0938 e. The third-order valence-electron chi connectivity index (χ3n) is 3.22. The molecule has 1 atom stereocenters. The van der Waals surface area contributed by atoms with Gasteiger partial charge in [-0.2, -0.15) is 5.26 Å². The van der Waals surface area contributed by atoms with Crippen LogP contribution in [0.4, 0.5) is 0 Å². The quantitative estimate of drug-likeness (QED) is 0.545. The van der Waals surface area contributed by atoms with E-state index in [-0.39, 0.29) is 5.92 Å². The second-order valence-electron chi connectivity index (χ2n) is 4.26. The van der Waals surface area contributed by atoms with Gasteiger partial charge < -0.3 is 10.4 Å². The highest BCUT2D eigenvalue weighted by molar-refractivity contribution is 5.81. The molecule has 0 saturated carbocycles. The number of allylic oxidation sites excluding steroid dienone is 2. The third-order valence-corrected chi connectivity index (χ3v) is 3.22. The lowest BCUT2D eigenvalue weighted by Crippen LogP contribution is -2.29. The largest absolute Gasteiger partial charge is 0.309 e. The van der Waals surface area contributed by atoms with Gasteiger partial charge in [-0.1, -0.05) is 6.08 Å². The van der Waals surface area contributed by atoms with Crippen LogP contribution in [0.3, 0.4) is 0 Å². The summed E-state index contributed by atoms with van der Waals surface area (Å²) >= 11 is 0. The topological polar surface area (TPSA) is 76.9 Å². The van der Waals surface area contributed by atoms with Gasteiger partial charge in [0.15, 0.2) is 0 Å². The molecule has 1 aliphatic carbocycles. The highest BCUT2D eigenvalue weighted by atomic mass is 15.4. The van der Waals surface area contributed by atoms with Gasteiger partial charge in [-0.3, -0.25) is 0 Å². The Morgan fingerprint density at radius 3 is 2.94 bits per heavy atom. The zero-order chi connectivity index (χ0) is 11.5. The van der Waals surface area contributed by atoms with Gasteiger partial charge in [-0.25, -0.2) is 5.84 Å². The van der Waals surface area contributed by atoms with Gasteiger partial charge in [-0.15, -0.1) is 0 Å². The monoisotopic (exact) mass is 216 g/mol. The minimum atomic E-state index is -0.250. The molecule has 0 fully saturated rings. The second-order valence-corrected chi connectivity index (χ2v) is 4.26. The average molecular weight is 216 g/mol. The van der Waals surface area contributed by atoms with Crippen molar-refractivity contribution in [1.29, 1.82) is 10.7 Å². The number of rotatable bonds is 2. The summed E-state index contributed by atoms with van der Waals surface area (Å²) in [7, 11) is 0. The summed E-state index contributed by atoms with van der Waals surface area (Å²) in [6.45, 7) is 0.508. The van der Waals surface area contributed by atoms with Crippen molar-refractivity contribution >= 4 is 6.21 Å². The molecule has 4 heteroatoms. The van der Waals surface area contributed by atoms with Crippen LogP contribution in [0.2, 0.25) is 0 Å². The van der Waals surface area contributed by atoms with Crippen LogP contribution >= 0.6 is 0 Å². The fourth-order valence-electron chi connectivity index (χ4n) is 2.42. The number of nitriles is 1. The summed E-state index contributed by atoms with van der Waals surface area (Å²) in [5.74, 6) is 5.67. The van der Waals surface area contributed by atoms with Crippen molar-refractivity contribution in [1.82, 2.24) is 5.01 Å². The molecule has 1 aliphatic heterocycles. The van der Waals surface area contributed by atoms with E-state index in [1.54, 1.807) is 5.01 Å². The Balaban J connectivity index is 2.39. The Labute approximate surface area is 95.5 Å². The fraction of sp³-hybridized carbons (Fsp3) is 0.500. The van der Waals surface area contributed by atoms with Crippen molar-refractivity contribution in [2.45, 2.75) is 25.7 Å². The molecule has 4 nitrogen and oxygen atoms in total. The maximum absolute atomic E-state index is 9.01. The maximum atomic E-state index is 9.01. The first kappa shape index (κ1) is 10.9. The van der Waals surface area contributed by atoms with Crippen LogP contribution < -0.4 is 5.84 Å². The molecule has 84 valence electrons. The summed E-state index contributed by atoms with van der Waals surface area (Å²) in [5, 5.41) is 18.1. The first-order valence-electron chi connectivity index (χ1n) is 5.64. The van der Waals surface area contributed by atoms with Gasteiger partial charge in [-0.05, 0) is 31.3 Å². The van der Waals surface area contributed by atoms with E-state index >= 15 is 0 Å². The molecule has 0 aromatic carbocycles. The van der Waals surface area contributed by atoms with Crippen molar-refractivity contribution in [3.8, 4) is 6.07 Å². The van der Waals surface area contributed by atoms with Crippen LogP contribution in [0.15, 0.2) is 22.9 Å². The predicted molar refractivity (Wildman–Crippen MR) is 62.4 cm³/mol. The van der Waals surface area contributed by atoms with Crippen molar-refractivity contribution in [2.75, 3.05) is 6.54 Å². The molecule has 1 unspecified atom stereocenters. The van der Waals surface area contributed by atoms with Crippen LogP contribution in [0.5, 0.6) is 0 Å². The summed E-state index contributed by atoms with van der Waals surface area (Å²) in [5.41, 5.74) is 2.91. The van der Waals surface area contributed by atoms with Gasteiger partial charge >= 0.3 is 0 Å². The number of hydrogen-bond acceptors (Lipinski definition) is 4. The third kappa shape index (κ3) is 1.74. The molecule has 0 aromatic heterocycles. The van der Waals surface area contributed by atoms with Crippen LogP contribution in [-0.4, -0.2) is 17.8 Å². The molecule has 16 heavy (non-hydrogen) atoms. The van der Waals surface area contributed by atoms with Gasteiger partial charge in [0.2, 0.25) is 0 Å². The van der Waals surface area contributed by atoms with Crippen molar-refractivity contribution in [2.24, 2.45) is 11.8 Å². The van der Waals surface area contributed by atoms with Gasteiger partial charge in [0.1, 0.15) is 0 Å². The normalized spacial score (nSPS) is 25.4. The number of hydrazine groups is 1. The minimum Gasteiger partial charge on any atom is -0.309 e. The number of nitrogens with zero attached hydrogens (tertiary/aromatic N) is 2. The number of nitrogens with two attached hydrogens (primary N) is 1. The lowest BCUT2D eigenvalue weighted by Gasteiger charge is -2.21. The molecule has 0 saturated heterocycles. The zero-order valence-electron chi connectivity index (χ0n) is 9.24. The minimum absolute atomic E-state index is 0.250.